The number of ether oxygens (including phenoxy) is 1. The van der Waals surface area contributed by atoms with Crippen molar-refractivity contribution >= 4 is 17.5 Å². The first-order valence-corrected chi connectivity index (χ1v) is 8.83. The van der Waals surface area contributed by atoms with Crippen molar-refractivity contribution in [1.82, 2.24) is 15.1 Å². The van der Waals surface area contributed by atoms with Gasteiger partial charge in [0, 0.05) is 38.3 Å². The Balaban J connectivity index is 1.56. The Bertz CT molecular complexity index is 788. The largest absolute Gasteiger partial charge is 0.573 e. The number of rotatable bonds is 5. The van der Waals surface area contributed by atoms with E-state index in [1.54, 1.807) is 4.90 Å². The molecule has 1 aliphatic heterocycles. The van der Waals surface area contributed by atoms with Gasteiger partial charge >= 0.3 is 6.36 Å². The van der Waals surface area contributed by atoms with Crippen molar-refractivity contribution in [3.8, 4) is 5.75 Å². The van der Waals surface area contributed by atoms with Crippen LogP contribution in [-0.4, -0.2) is 60.1 Å². The monoisotopic (exact) mass is 395 g/mol. The number of halogens is 3. The van der Waals surface area contributed by atoms with E-state index in [1.807, 2.05) is 24.0 Å². The number of piperazine rings is 1. The van der Waals surface area contributed by atoms with Gasteiger partial charge in [-0.2, -0.15) is 0 Å². The van der Waals surface area contributed by atoms with E-state index >= 15 is 0 Å². The van der Waals surface area contributed by atoms with Crippen LogP contribution in [0.1, 0.15) is 17.3 Å². The summed E-state index contributed by atoms with van der Waals surface area (Å²) in [5, 5.41) is 11.4. The minimum atomic E-state index is -4.75. The Hall–Kier alpha value is -3.04. The summed E-state index contributed by atoms with van der Waals surface area (Å²) >= 11 is 0. The molecule has 1 saturated heterocycles. The molecule has 0 bridgehead atoms. The summed E-state index contributed by atoms with van der Waals surface area (Å²) in [6, 6.07) is 8.67. The van der Waals surface area contributed by atoms with E-state index in [-0.39, 0.29) is 11.7 Å². The van der Waals surface area contributed by atoms with Crippen LogP contribution in [0.5, 0.6) is 5.75 Å². The highest BCUT2D eigenvalue weighted by Crippen LogP contribution is 2.23. The van der Waals surface area contributed by atoms with Gasteiger partial charge in [0.25, 0.3) is 5.91 Å². The van der Waals surface area contributed by atoms with Gasteiger partial charge in [0.15, 0.2) is 5.82 Å². The lowest BCUT2D eigenvalue weighted by Gasteiger charge is -2.35. The number of hydrogen-bond donors (Lipinski definition) is 1. The summed E-state index contributed by atoms with van der Waals surface area (Å²) < 4.78 is 40.5. The van der Waals surface area contributed by atoms with Crippen LogP contribution < -0.4 is 15.0 Å². The zero-order valence-corrected chi connectivity index (χ0v) is 15.2. The molecule has 7 nitrogen and oxygen atoms in total. The highest BCUT2D eigenvalue weighted by molar-refractivity contribution is 5.94. The highest BCUT2D eigenvalue weighted by atomic mass is 19.4. The van der Waals surface area contributed by atoms with E-state index in [0.717, 1.165) is 24.5 Å². The van der Waals surface area contributed by atoms with E-state index in [1.165, 1.54) is 12.1 Å². The van der Waals surface area contributed by atoms with Crippen molar-refractivity contribution < 1.29 is 22.7 Å². The van der Waals surface area contributed by atoms with E-state index in [2.05, 4.69) is 20.3 Å². The van der Waals surface area contributed by atoms with E-state index in [4.69, 9.17) is 0 Å². The SMILES string of the molecule is CCNc1ccc(N2CCN(C(=O)c3ccc(OC(F)(F)F)cc3)CC2)nn1. The van der Waals surface area contributed by atoms with Crippen LogP contribution in [0.15, 0.2) is 36.4 Å². The number of amides is 1. The average molecular weight is 395 g/mol. The second-order valence-corrected chi connectivity index (χ2v) is 6.16. The lowest BCUT2D eigenvalue weighted by molar-refractivity contribution is -0.274. The van der Waals surface area contributed by atoms with Gasteiger partial charge in [0.1, 0.15) is 11.6 Å². The summed E-state index contributed by atoms with van der Waals surface area (Å²) in [4.78, 5) is 16.3. The Morgan fingerprint density at radius 3 is 2.29 bits per heavy atom. The van der Waals surface area contributed by atoms with Crippen molar-refractivity contribution in [3.05, 3.63) is 42.0 Å². The number of nitrogens with one attached hydrogen (secondary N) is 1. The zero-order chi connectivity index (χ0) is 20.1. The van der Waals surface area contributed by atoms with Crippen molar-refractivity contribution in [1.29, 1.82) is 0 Å². The van der Waals surface area contributed by atoms with Crippen LogP contribution in [0.25, 0.3) is 0 Å². The molecule has 3 rings (SSSR count). The van der Waals surface area contributed by atoms with Gasteiger partial charge in [-0.3, -0.25) is 4.79 Å². The quantitative estimate of drug-likeness (QED) is 0.840. The summed E-state index contributed by atoms with van der Waals surface area (Å²) in [6.45, 7) is 4.89. The molecule has 0 atom stereocenters. The van der Waals surface area contributed by atoms with Crippen LogP contribution >= 0.6 is 0 Å². The normalized spacial score (nSPS) is 14.7. The van der Waals surface area contributed by atoms with Gasteiger partial charge in [0.2, 0.25) is 0 Å². The van der Waals surface area contributed by atoms with Crippen molar-refractivity contribution in [2.24, 2.45) is 0 Å². The minimum absolute atomic E-state index is 0.230. The molecule has 1 aromatic heterocycles. The third kappa shape index (κ3) is 5.02. The smallest absolute Gasteiger partial charge is 0.406 e. The second-order valence-electron chi connectivity index (χ2n) is 6.16. The predicted octanol–water partition coefficient (Wildman–Crippen LogP) is 2.77. The molecule has 1 aliphatic rings. The molecule has 0 aliphatic carbocycles. The average Bonchev–Trinajstić information content (AvgIpc) is 2.68. The van der Waals surface area contributed by atoms with Crippen LogP contribution in [0.2, 0.25) is 0 Å². The fraction of sp³-hybridized carbons (Fsp3) is 0.389. The molecule has 28 heavy (non-hydrogen) atoms. The summed E-state index contributed by atoms with van der Waals surface area (Å²) in [6.07, 6.45) is -4.75. The van der Waals surface area contributed by atoms with Gasteiger partial charge in [-0.15, -0.1) is 23.4 Å². The molecular weight excluding hydrogens is 375 g/mol. The van der Waals surface area contributed by atoms with Gasteiger partial charge < -0.3 is 19.9 Å². The highest BCUT2D eigenvalue weighted by Gasteiger charge is 2.31. The molecule has 2 aromatic rings. The molecule has 10 heteroatoms. The number of aromatic nitrogens is 2. The Labute approximate surface area is 160 Å². The van der Waals surface area contributed by atoms with Crippen LogP contribution in [-0.2, 0) is 0 Å². The lowest BCUT2D eigenvalue weighted by atomic mass is 10.1. The number of carbonyl (C=O) groups is 1. The maximum atomic E-state index is 12.6. The van der Waals surface area contributed by atoms with Crippen molar-refractivity contribution in [2.75, 3.05) is 42.9 Å². The first kappa shape index (κ1) is 19.7. The fourth-order valence-corrected chi connectivity index (χ4v) is 2.89. The summed E-state index contributed by atoms with van der Waals surface area (Å²) in [5.41, 5.74) is 0.317. The molecule has 0 radical (unpaired) electrons. The predicted molar refractivity (Wildman–Crippen MR) is 97.4 cm³/mol. The topological polar surface area (TPSA) is 70.6 Å². The van der Waals surface area contributed by atoms with E-state index in [9.17, 15) is 18.0 Å². The summed E-state index contributed by atoms with van der Waals surface area (Å²) in [7, 11) is 0. The number of alkyl halides is 3. The standard InChI is InChI=1S/C18H20F3N5O2/c1-2-22-15-7-8-16(24-23-15)25-9-11-26(12-10-25)17(27)13-3-5-14(6-4-13)28-18(19,20)21/h3-8H,2,9-12H2,1H3,(H,22,23). The van der Waals surface area contributed by atoms with Gasteiger partial charge in [-0.1, -0.05) is 0 Å². The Morgan fingerprint density at radius 2 is 1.75 bits per heavy atom. The number of nitrogens with zero attached hydrogens (tertiary/aromatic N) is 4. The Kier molecular flexibility index (Phi) is 5.86. The third-order valence-electron chi connectivity index (χ3n) is 4.23. The lowest BCUT2D eigenvalue weighted by Crippen LogP contribution is -2.49. The molecule has 1 aromatic carbocycles. The molecule has 2 heterocycles. The molecule has 0 saturated carbocycles. The van der Waals surface area contributed by atoms with Crippen LogP contribution in [0.3, 0.4) is 0 Å². The third-order valence-corrected chi connectivity index (χ3v) is 4.23. The Morgan fingerprint density at radius 1 is 1.07 bits per heavy atom. The second kappa shape index (κ2) is 8.32. The maximum absolute atomic E-state index is 12.6. The number of hydrogen-bond acceptors (Lipinski definition) is 6. The first-order valence-electron chi connectivity index (χ1n) is 8.83. The molecule has 0 unspecified atom stereocenters. The molecular formula is C18H20F3N5O2. The van der Waals surface area contributed by atoms with Crippen molar-refractivity contribution in [2.45, 2.75) is 13.3 Å². The number of carbonyl (C=O) groups excluding carboxylic acids is 1. The van der Waals surface area contributed by atoms with Crippen LogP contribution in [0.4, 0.5) is 24.8 Å². The van der Waals surface area contributed by atoms with Gasteiger partial charge in [-0.05, 0) is 43.3 Å². The van der Waals surface area contributed by atoms with E-state index < -0.39 is 6.36 Å². The number of benzene rings is 1. The molecule has 1 N–H and O–H groups in total. The first-order chi connectivity index (χ1) is 13.4. The maximum Gasteiger partial charge on any atom is 0.573 e. The zero-order valence-electron chi connectivity index (χ0n) is 15.2. The van der Waals surface area contributed by atoms with Gasteiger partial charge in [0.05, 0.1) is 0 Å². The fourth-order valence-electron chi connectivity index (χ4n) is 2.89. The van der Waals surface area contributed by atoms with Gasteiger partial charge in [-0.25, -0.2) is 0 Å². The molecule has 0 spiro atoms. The van der Waals surface area contributed by atoms with Crippen LogP contribution in [0, 0.1) is 0 Å². The molecule has 1 fully saturated rings. The summed E-state index contributed by atoms with van der Waals surface area (Å²) in [5.74, 6) is 0.862. The minimum Gasteiger partial charge on any atom is -0.406 e. The van der Waals surface area contributed by atoms with Crippen molar-refractivity contribution in [3.63, 3.8) is 0 Å². The molecule has 1 amide bonds. The molecule has 150 valence electrons. The van der Waals surface area contributed by atoms with E-state index in [0.29, 0.717) is 37.6 Å². The number of anilines is 2.